The van der Waals surface area contributed by atoms with E-state index in [1.165, 1.54) is 63.1 Å². The first-order valence-corrected chi connectivity index (χ1v) is 13.3. The van der Waals surface area contributed by atoms with Crippen LogP contribution in [-0.4, -0.2) is 41.1 Å². The van der Waals surface area contributed by atoms with Crippen molar-refractivity contribution in [1.82, 2.24) is 10.2 Å². The summed E-state index contributed by atoms with van der Waals surface area (Å²) < 4.78 is 0. The molecule has 168 valence electrons. The standard InChI is InChI=1S/C26H36N2O2S/c1-2-9-28(16-18-7-8-18)25(30)22-5-3-4-6-23(22)31-17-24(29)27-26-13-19-10-20(14-26)12-21(11-19)15-26/h3-6,18-21H,2,7-17H2,1H3,(H,27,29). The summed E-state index contributed by atoms with van der Waals surface area (Å²) in [6.45, 7) is 3.81. The molecule has 2 amide bonds. The molecule has 5 aliphatic carbocycles. The van der Waals surface area contributed by atoms with Crippen LogP contribution >= 0.6 is 11.8 Å². The van der Waals surface area contributed by atoms with Crippen LogP contribution in [0, 0.1) is 23.7 Å². The van der Waals surface area contributed by atoms with Gasteiger partial charge in [0.1, 0.15) is 0 Å². The molecule has 1 aromatic carbocycles. The first kappa shape index (κ1) is 21.4. The maximum absolute atomic E-state index is 13.3. The van der Waals surface area contributed by atoms with Crippen molar-refractivity contribution in [3.63, 3.8) is 0 Å². The molecule has 5 fully saturated rings. The molecule has 5 saturated carbocycles. The molecule has 5 heteroatoms. The van der Waals surface area contributed by atoms with Crippen LogP contribution < -0.4 is 5.32 Å². The number of thioether (sulfide) groups is 1. The molecular weight excluding hydrogens is 404 g/mol. The van der Waals surface area contributed by atoms with Crippen LogP contribution in [0.25, 0.3) is 0 Å². The topological polar surface area (TPSA) is 49.4 Å². The minimum atomic E-state index is 0.0594. The van der Waals surface area contributed by atoms with Crippen LogP contribution in [0.4, 0.5) is 0 Å². The minimum Gasteiger partial charge on any atom is -0.350 e. The zero-order valence-electron chi connectivity index (χ0n) is 18.8. The van der Waals surface area contributed by atoms with E-state index in [1.54, 1.807) is 0 Å². The highest BCUT2D eigenvalue weighted by Gasteiger charge is 2.51. The van der Waals surface area contributed by atoms with Crippen LogP contribution in [0.15, 0.2) is 29.2 Å². The Kier molecular flexibility index (Phi) is 6.07. The van der Waals surface area contributed by atoms with Gasteiger partial charge in [0, 0.05) is 23.5 Å². The lowest BCUT2D eigenvalue weighted by atomic mass is 9.53. The number of carbonyl (C=O) groups is 2. The molecule has 0 aliphatic heterocycles. The Hall–Kier alpha value is -1.49. The van der Waals surface area contributed by atoms with Crippen LogP contribution in [0.3, 0.4) is 0 Å². The lowest BCUT2D eigenvalue weighted by molar-refractivity contribution is -0.124. The van der Waals surface area contributed by atoms with Crippen molar-refractivity contribution >= 4 is 23.6 Å². The Morgan fingerprint density at radius 2 is 1.71 bits per heavy atom. The molecule has 6 rings (SSSR count). The third-order valence-electron chi connectivity index (χ3n) is 7.88. The molecule has 0 radical (unpaired) electrons. The smallest absolute Gasteiger partial charge is 0.254 e. The summed E-state index contributed by atoms with van der Waals surface area (Å²) in [6.07, 6.45) is 11.1. The Morgan fingerprint density at radius 1 is 1.06 bits per heavy atom. The average molecular weight is 441 g/mol. The van der Waals surface area contributed by atoms with Gasteiger partial charge in [0.15, 0.2) is 0 Å². The predicted molar refractivity (Wildman–Crippen MR) is 125 cm³/mol. The van der Waals surface area contributed by atoms with Gasteiger partial charge in [-0.05, 0) is 93.6 Å². The Labute approximate surface area is 190 Å². The zero-order valence-corrected chi connectivity index (χ0v) is 19.6. The quantitative estimate of drug-likeness (QED) is 0.542. The first-order chi connectivity index (χ1) is 15.0. The molecule has 31 heavy (non-hydrogen) atoms. The van der Waals surface area contributed by atoms with Gasteiger partial charge in [0.2, 0.25) is 5.91 Å². The van der Waals surface area contributed by atoms with E-state index in [-0.39, 0.29) is 17.4 Å². The van der Waals surface area contributed by atoms with Gasteiger partial charge in [-0.15, -0.1) is 11.8 Å². The summed E-state index contributed by atoms with van der Waals surface area (Å²) in [5, 5.41) is 3.47. The summed E-state index contributed by atoms with van der Waals surface area (Å²) in [5.41, 5.74) is 0.813. The fourth-order valence-electron chi connectivity index (χ4n) is 6.84. The molecule has 0 saturated heterocycles. The van der Waals surface area contributed by atoms with E-state index < -0.39 is 0 Å². The predicted octanol–water partition coefficient (Wildman–Crippen LogP) is 5.13. The van der Waals surface area contributed by atoms with Gasteiger partial charge in [-0.25, -0.2) is 0 Å². The monoisotopic (exact) mass is 440 g/mol. The van der Waals surface area contributed by atoms with Crippen molar-refractivity contribution in [1.29, 1.82) is 0 Å². The van der Waals surface area contributed by atoms with Gasteiger partial charge in [0.25, 0.3) is 5.91 Å². The SMILES string of the molecule is CCCN(CC1CC1)C(=O)c1ccccc1SCC(=O)NC12CC3CC(CC(C3)C1)C2. The fraction of sp³-hybridized carbons (Fsp3) is 0.692. The second kappa shape index (κ2) is 8.80. The van der Waals surface area contributed by atoms with Gasteiger partial charge in [-0.3, -0.25) is 9.59 Å². The number of benzene rings is 1. The maximum atomic E-state index is 13.3. The van der Waals surface area contributed by atoms with Crippen LogP contribution in [-0.2, 0) is 4.79 Å². The minimum absolute atomic E-state index is 0.0594. The Balaban J connectivity index is 1.21. The molecule has 5 aliphatic rings. The highest BCUT2D eigenvalue weighted by atomic mass is 32.2. The number of amides is 2. The molecule has 0 spiro atoms. The molecule has 0 aromatic heterocycles. The number of nitrogens with zero attached hydrogens (tertiary/aromatic N) is 1. The van der Waals surface area contributed by atoms with Gasteiger partial charge in [-0.2, -0.15) is 0 Å². The summed E-state index contributed by atoms with van der Waals surface area (Å²) in [5.74, 6) is 3.82. The van der Waals surface area contributed by atoms with E-state index in [4.69, 9.17) is 0 Å². The normalized spacial score (nSPS) is 30.9. The average Bonchev–Trinajstić information content (AvgIpc) is 3.54. The largest absolute Gasteiger partial charge is 0.350 e. The van der Waals surface area contributed by atoms with Crippen LogP contribution in [0.1, 0.15) is 75.1 Å². The maximum Gasteiger partial charge on any atom is 0.254 e. The third kappa shape index (κ3) is 4.81. The number of nitrogens with one attached hydrogen (secondary N) is 1. The molecular formula is C26H36N2O2S. The molecule has 0 heterocycles. The molecule has 1 aromatic rings. The molecule has 0 atom stereocenters. The van der Waals surface area contributed by atoms with Crippen LogP contribution in [0.5, 0.6) is 0 Å². The van der Waals surface area contributed by atoms with Gasteiger partial charge < -0.3 is 10.2 Å². The number of rotatable bonds is 9. The van der Waals surface area contributed by atoms with E-state index in [0.717, 1.165) is 47.7 Å². The van der Waals surface area contributed by atoms with Crippen molar-refractivity contribution in [2.45, 2.75) is 75.1 Å². The molecule has 4 bridgehead atoms. The second-order valence-electron chi connectivity index (χ2n) is 10.7. The highest BCUT2D eigenvalue weighted by Crippen LogP contribution is 2.55. The van der Waals surface area contributed by atoms with Crippen molar-refractivity contribution in [2.24, 2.45) is 23.7 Å². The van der Waals surface area contributed by atoms with E-state index in [2.05, 4.69) is 12.2 Å². The lowest BCUT2D eigenvalue weighted by Gasteiger charge is -2.56. The summed E-state index contributed by atoms with van der Waals surface area (Å²) in [6, 6.07) is 7.84. The van der Waals surface area contributed by atoms with Crippen LogP contribution in [0.2, 0.25) is 0 Å². The number of carbonyl (C=O) groups excluding carboxylic acids is 2. The highest BCUT2D eigenvalue weighted by molar-refractivity contribution is 8.00. The summed E-state index contributed by atoms with van der Waals surface area (Å²) in [7, 11) is 0. The van der Waals surface area contributed by atoms with E-state index >= 15 is 0 Å². The fourth-order valence-corrected chi connectivity index (χ4v) is 7.68. The van der Waals surface area contributed by atoms with E-state index in [0.29, 0.717) is 11.7 Å². The second-order valence-corrected chi connectivity index (χ2v) is 11.7. The van der Waals surface area contributed by atoms with E-state index in [9.17, 15) is 9.59 Å². The Morgan fingerprint density at radius 3 is 2.32 bits per heavy atom. The van der Waals surface area contributed by atoms with Gasteiger partial charge in [-0.1, -0.05) is 19.1 Å². The lowest BCUT2D eigenvalue weighted by Crippen LogP contribution is -2.60. The van der Waals surface area contributed by atoms with Crippen molar-refractivity contribution in [3.8, 4) is 0 Å². The van der Waals surface area contributed by atoms with Crippen molar-refractivity contribution < 1.29 is 9.59 Å². The van der Waals surface area contributed by atoms with Crippen molar-refractivity contribution in [3.05, 3.63) is 29.8 Å². The van der Waals surface area contributed by atoms with Gasteiger partial charge in [0.05, 0.1) is 11.3 Å². The zero-order chi connectivity index (χ0) is 21.4. The summed E-state index contributed by atoms with van der Waals surface area (Å²) >= 11 is 1.52. The molecule has 1 N–H and O–H groups in total. The summed E-state index contributed by atoms with van der Waals surface area (Å²) in [4.78, 5) is 29.2. The van der Waals surface area contributed by atoms with Crippen molar-refractivity contribution in [2.75, 3.05) is 18.8 Å². The first-order valence-electron chi connectivity index (χ1n) is 12.4. The number of hydrogen-bond donors (Lipinski definition) is 1. The van der Waals surface area contributed by atoms with E-state index in [1.807, 2.05) is 29.2 Å². The number of hydrogen-bond acceptors (Lipinski definition) is 3. The van der Waals surface area contributed by atoms with Gasteiger partial charge >= 0.3 is 0 Å². The molecule has 0 unspecified atom stereocenters. The Bertz CT molecular complexity index is 799. The molecule has 4 nitrogen and oxygen atoms in total. The third-order valence-corrected chi connectivity index (χ3v) is 8.95.